The van der Waals surface area contributed by atoms with Crippen LogP contribution in [0.25, 0.3) is 0 Å². The van der Waals surface area contributed by atoms with Gasteiger partial charge in [-0.15, -0.1) is 24.0 Å². The Morgan fingerprint density at radius 3 is 2.26 bits per heavy atom. The minimum atomic E-state index is 0. The fraction of sp³-hybridized carbons (Fsp3) is 0.588. The van der Waals surface area contributed by atoms with Gasteiger partial charge in [0.15, 0.2) is 5.96 Å². The summed E-state index contributed by atoms with van der Waals surface area (Å²) >= 11 is 0. The molecule has 5 nitrogen and oxygen atoms in total. The largest absolute Gasteiger partial charge is 0.379 e. The van der Waals surface area contributed by atoms with Crippen molar-refractivity contribution in [3.8, 4) is 0 Å². The number of guanidine groups is 1. The Morgan fingerprint density at radius 1 is 1.13 bits per heavy atom. The van der Waals surface area contributed by atoms with Gasteiger partial charge in [-0.25, -0.2) is 4.99 Å². The van der Waals surface area contributed by atoms with Crippen LogP contribution in [0.1, 0.15) is 25.0 Å². The van der Waals surface area contributed by atoms with Gasteiger partial charge in [0.05, 0.1) is 19.8 Å². The third kappa shape index (κ3) is 6.64. The smallest absolute Gasteiger partial charge is 0.191 e. The molecule has 0 aliphatic carbocycles. The fourth-order valence-corrected chi connectivity index (χ4v) is 2.59. The number of hydrogen-bond donors (Lipinski definition) is 1. The summed E-state index contributed by atoms with van der Waals surface area (Å²) < 4.78 is 5.38. The SMILES string of the molecule is CCN(CC)C(N)=NCc1ccc(CN2CCOCC2)cc1.I. The van der Waals surface area contributed by atoms with Gasteiger partial charge in [0.1, 0.15) is 0 Å². The molecule has 1 saturated heterocycles. The molecule has 0 atom stereocenters. The molecule has 0 saturated carbocycles. The molecule has 0 radical (unpaired) electrons. The number of halogens is 1. The molecule has 1 aromatic rings. The second-order valence-corrected chi connectivity index (χ2v) is 5.55. The van der Waals surface area contributed by atoms with Crippen molar-refractivity contribution in [1.82, 2.24) is 9.80 Å². The Hall–Kier alpha value is -0.860. The number of ether oxygens (including phenoxy) is 1. The summed E-state index contributed by atoms with van der Waals surface area (Å²) in [6.45, 7) is 11.3. The lowest BCUT2D eigenvalue weighted by Gasteiger charge is -2.26. The van der Waals surface area contributed by atoms with E-state index in [0.717, 1.165) is 45.9 Å². The van der Waals surface area contributed by atoms with E-state index < -0.39 is 0 Å². The first kappa shape index (κ1) is 20.2. The van der Waals surface area contributed by atoms with Crippen LogP contribution in [0.15, 0.2) is 29.3 Å². The molecule has 2 N–H and O–H groups in total. The fourth-order valence-electron chi connectivity index (χ4n) is 2.59. The summed E-state index contributed by atoms with van der Waals surface area (Å²) in [4.78, 5) is 8.96. The molecule has 0 aromatic heterocycles. The zero-order valence-corrected chi connectivity index (χ0v) is 16.5. The molecule has 23 heavy (non-hydrogen) atoms. The van der Waals surface area contributed by atoms with Gasteiger partial charge < -0.3 is 15.4 Å². The van der Waals surface area contributed by atoms with Crippen LogP contribution in [0.3, 0.4) is 0 Å². The molecule has 1 heterocycles. The molecule has 1 aliphatic heterocycles. The number of rotatable bonds is 6. The summed E-state index contributed by atoms with van der Waals surface area (Å²) in [6, 6.07) is 8.67. The number of nitrogens with two attached hydrogens (primary N) is 1. The monoisotopic (exact) mass is 432 g/mol. The summed E-state index contributed by atoms with van der Waals surface area (Å²) in [6.07, 6.45) is 0. The zero-order valence-electron chi connectivity index (χ0n) is 14.2. The van der Waals surface area contributed by atoms with E-state index in [2.05, 4.69) is 52.9 Å². The van der Waals surface area contributed by atoms with Gasteiger partial charge in [-0.2, -0.15) is 0 Å². The van der Waals surface area contributed by atoms with Crippen LogP contribution in [-0.4, -0.2) is 55.2 Å². The maximum Gasteiger partial charge on any atom is 0.191 e. The zero-order chi connectivity index (χ0) is 15.8. The second-order valence-electron chi connectivity index (χ2n) is 5.55. The molecule has 130 valence electrons. The first-order valence-electron chi connectivity index (χ1n) is 8.15. The highest BCUT2D eigenvalue weighted by atomic mass is 127. The van der Waals surface area contributed by atoms with Crippen molar-refractivity contribution < 1.29 is 4.74 Å². The summed E-state index contributed by atoms with van der Waals surface area (Å²) in [5.41, 5.74) is 8.53. The predicted octanol–water partition coefficient (Wildman–Crippen LogP) is 2.29. The number of nitrogens with zero attached hydrogens (tertiary/aromatic N) is 3. The lowest BCUT2D eigenvalue weighted by molar-refractivity contribution is 0.0342. The predicted molar refractivity (Wildman–Crippen MR) is 106 cm³/mol. The minimum Gasteiger partial charge on any atom is -0.379 e. The highest BCUT2D eigenvalue weighted by Gasteiger charge is 2.10. The minimum absolute atomic E-state index is 0. The van der Waals surface area contributed by atoms with E-state index in [9.17, 15) is 0 Å². The average molecular weight is 432 g/mol. The van der Waals surface area contributed by atoms with Crippen LogP contribution in [-0.2, 0) is 17.8 Å². The van der Waals surface area contributed by atoms with Gasteiger partial charge >= 0.3 is 0 Å². The van der Waals surface area contributed by atoms with E-state index in [1.165, 1.54) is 11.1 Å². The molecular formula is C17H29IN4O. The van der Waals surface area contributed by atoms with Crippen molar-refractivity contribution in [2.45, 2.75) is 26.9 Å². The van der Waals surface area contributed by atoms with Crippen molar-refractivity contribution in [3.63, 3.8) is 0 Å². The van der Waals surface area contributed by atoms with Gasteiger partial charge in [0.2, 0.25) is 0 Å². The van der Waals surface area contributed by atoms with E-state index in [4.69, 9.17) is 10.5 Å². The second kappa shape index (κ2) is 10.8. The number of hydrogen-bond acceptors (Lipinski definition) is 3. The highest BCUT2D eigenvalue weighted by Crippen LogP contribution is 2.10. The normalized spacial score (nSPS) is 16.0. The standard InChI is InChI=1S/C17H28N4O.HI/c1-3-21(4-2)17(18)19-13-15-5-7-16(8-6-15)14-20-9-11-22-12-10-20;/h5-8H,3-4,9-14H2,1-2H3,(H2,18,19);1H. The van der Waals surface area contributed by atoms with Crippen LogP contribution in [0.2, 0.25) is 0 Å². The first-order chi connectivity index (χ1) is 10.7. The molecule has 0 amide bonds. The van der Waals surface area contributed by atoms with E-state index in [1.807, 2.05) is 0 Å². The average Bonchev–Trinajstić information content (AvgIpc) is 2.56. The first-order valence-corrected chi connectivity index (χ1v) is 8.15. The lowest BCUT2D eigenvalue weighted by Crippen LogP contribution is -2.37. The van der Waals surface area contributed by atoms with Crippen LogP contribution < -0.4 is 5.73 Å². The molecule has 0 spiro atoms. The van der Waals surface area contributed by atoms with E-state index in [1.54, 1.807) is 0 Å². The van der Waals surface area contributed by atoms with Crippen LogP contribution >= 0.6 is 24.0 Å². The molecule has 0 bridgehead atoms. The lowest BCUT2D eigenvalue weighted by atomic mass is 10.1. The summed E-state index contributed by atoms with van der Waals surface area (Å²) in [5.74, 6) is 0.627. The van der Waals surface area contributed by atoms with Crippen LogP contribution in [0, 0.1) is 0 Å². The van der Waals surface area contributed by atoms with Crippen LogP contribution in [0.5, 0.6) is 0 Å². The maximum atomic E-state index is 6.00. The van der Waals surface area contributed by atoms with Crippen LogP contribution in [0.4, 0.5) is 0 Å². The Balaban J connectivity index is 0.00000264. The van der Waals surface area contributed by atoms with Gasteiger partial charge in [-0.05, 0) is 25.0 Å². The molecule has 6 heteroatoms. The Kier molecular flexibility index (Phi) is 9.50. The van der Waals surface area contributed by atoms with Gasteiger partial charge in [0, 0.05) is 32.7 Å². The molecule has 1 aromatic carbocycles. The molecular weight excluding hydrogens is 403 g/mol. The third-order valence-electron chi connectivity index (χ3n) is 4.04. The number of benzene rings is 1. The van der Waals surface area contributed by atoms with E-state index in [-0.39, 0.29) is 24.0 Å². The summed E-state index contributed by atoms with van der Waals surface area (Å²) in [5, 5.41) is 0. The highest BCUT2D eigenvalue weighted by molar-refractivity contribution is 14.0. The van der Waals surface area contributed by atoms with Gasteiger partial charge in [-0.3, -0.25) is 4.90 Å². The Labute approximate surface area is 156 Å². The van der Waals surface area contributed by atoms with Crippen molar-refractivity contribution in [2.24, 2.45) is 10.7 Å². The topological polar surface area (TPSA) is 54.1 Å². The quantitative estimate of drug-likeness (QED) is 0.426. The van der Waals surface area contributed by atoms with E-state index >= 15 is 0 Å². The van der Waals surface area contributed by atoms with E-state index in [0.29, 0.717) is 12.5 Å². The Bertz CT molecular complexity index is 468. The number of aliphatic imine (C=N–C) groups is 1. The van der Waals surface area contributed by atoms with Crippen molar-refractivity contribution in [3.05, 3.63) is 35.4 Å². The maximum absolute atomic E-state index is 6.00. The van der Waals surface area contributed by atoms with Crippen molar-refractivity contribution >= 4 is 29.9 Å². The Morgan fingerprint density at radius 2 is 1.70 bits per heavy atom. The molecule has 0 unspecified atom stereocenters. The molecule has 1 aliphatic rings. The van der Waals surface area contributed by atoms with Crippen molar-refractivity contribution in [2.75, 3.05) is 39.4 Å². The van der Waals surface area contributed by atoms with Gasteiger partial charge in [-0.1, -0.05) is 24.3 Å². The molecule has 2 rings (SSSR count). The summed E-state index contributed by atoms with van der Waals surface area (Å²) in [7, 11) is 0. The van der Waals surface area contributed by atoms with Crippen molar-refractivity contribution in [1.29, 1.82) is 0 Å². The number of morpholine rings is 1. The molecule has 1 fully saturated rings. The third-order valence-corrected chi connectivity index (χ3v) is 4.04. The van der Waals surface area contributed by atoms with Gasteiger partial charge in [0.25, 0.3) is 0 Å².